The van der Waals surface area contributed by atoms with Gasteiger partial charge in [0, 0.05) is 0 Å². The minimum absolute atomic E-state index is 0.167. The number of carbonyl (C=O) groups is 2. The van der Waals surface area contributed by atoms with Gasteiger partial charge in [-0.2, -0.15) is 16.8 Å². The summed E-state index contributed by atoms with van der Waals surface area (Å²) < 4.78 is 37.5. The van der Waals surface area contributed by atoms with Gasteiger partial charge in [-0.1, -0.05) is 0 Å². The van der Waals surface area contributed by atoms with Crippen LogP contribution in [0.5, 0.6) is 0 Å². The molecule has 92 valence electrons. The first-order valence-corrected chi connectivity index (χ1v) is 5.35. The highest BCUT2D eigenvalue weighted by Crippen LogP contribution is 1.46. The molecule has 0 aromatic rings. The van der Waals surface area contributed by atoms with Gasteiger partial charge in [0.1, 0.15) is 10.7 Å². The molecule has 0 radical (unpaired) electrons. The second-order valence-electron chi connectivity index (χ2n) is 1.43. The van der Waals surface area contributed by atoms with E-state index < -0.39 is 32.5 Å². The van der Waals surface area contributed by atoms with Crippen LogP contribution in [-0.2, 0) is 30.2 Å². The van der Waals surface area contributed by atoms with Crippen LogP contribution in [-0.4, -0.2) is 49.7 Å². The SMILES string of the molecule is C=C.O=C(O)C=S(=O)=O.O=C(O)C=S(=O)=O. The third-order valence-corrected chi connectivity index (χ3v) is 1.18. The molecule has 0 unspecified atom stereocenters. The fourth-order valence-electron chi connectivity index (χ4n) is 0.165. The van der Waals surface area contributed by atoms with Crippen molar-refractivity contribution < 1.29 is 36.6 Å². The van der Waals surface area contributed by atoms with Gasteiger partial charge in [0.15, 0.2) is 0 Å². The van der Waals surface area contributed by atoms with Crippen LogP contribution in [0.15, 0.2) is 13.2 Å². The quantitative estimate of drug-likeness (QED) is 0.447. The van der Waals surface area contributed by atoms with E-state index in [0.717, 1.165) is 0 Å². The maximum absolute atomic E-state index is 9.37. The summed E-state index contributed by atoms with van der Waals surface area (Å²) in [6.45, 7) is 6.00. The molecule has 0 saturated heterocycles. The van der Waals surface area contributed by atoms with Crippen LogP contribution in [0.2, 0.25) is 0 Å². The first-order chi connectivity index (χ1) is 7.25. The lowest BCUT2D eigenvalue weighted by molar-refractivity contribution is -0.129. The van der Waals surface area contributed by atoms with Gasteiger partial charge >= 0.3 is 11.9 Å². The minimum atomic E-state index is -2.57. The first-order valence-electron chi connectivity index (χ1n) is 3.07. The summed E-state index contributed by atoms with van der Waals surface area (Å²) in [5, 5.41) is 15.6. The molecule has 10 heteroatoms. The van der Waals surface area contributed by atoms with E-state index >= 15 is 0 Å². The maximum atomic E-state index is 9.37. The molecule has 0 aromatic carbocycles. The Morgan fingerprint density at radius 3 is 1.00 bits per heavy atom. The van der Waals surface area contributed by atoms with Crippen molar-refractivity contribution >= 4 is 43.3 Å². The molecule has 16 heavy (non-hydrogen) atoms. The summed E-state index contributed by atoms with van der Waals surface area (Å²) in [5.74, 6) is -2.90. The molecular weight excluding hydrogens is 264 g/mol. The fourth-order valence-corrected chi connectivity index (χ4v) is 0.494. The molecule has 0 amide bonds. The Balaban J connectivity index is -0.000000183. The zero-order chi connectivity index (χ0) is 13.7. The van der Waals surface area contributed by atoms with Crippen molar-refractivity contribution in [1.29, 1.82) is 0 Å². The second kappa shape index (κ2) is 13.1. The van der Waals surface area contributed by atoms with E-state index in [1.165, 1.54) is 0 Å². The highest BCUT2D eigenvalue weighted by Gasteiger charge is 1.84. The number of hydrogen-bond acceptors (Lipinski definition) is 6. The molecule has 0 aliphatic rings. The highest BCUT2D eigenvalue weighted by molar-refractivity contribution is 7.73. The summed E-state index contributed by atoms with van der Waals surface area (Å²) >= 11 is 0. The Morgan fingerprint density at radius 2 is 1.00 bits per heavy atom. The molecule has 0 atom stereocenters. The van der Waals surface area contributed by atoms with Gasteiger partial charge in [0.2, 0.25) is 20.6 Å². The molecule has 8 nitrogen and oxygen atoms in total. The smallest absolute Gasteiger partial charge is 0.343 e. The molecule has 0 rings (SSSR count). The third-order valence-electron chi connectivity index (χ3n) is 0.394. The average Bonchev–Trinajstić information content (AvgIpc) is 2.03. The van der Waals surface area contributed by atoms with E-state index in [2.05, 4.69) is 13.2 Å². The molecule has 0 bridgehead atoms. The van der Waals surface area contributed by atoms with Crippen molar-refractivity contribution in [1.82, 2.24) is 0 Å². The van der Waals surface area contributed by atoms with Crippen molar-refractivity contribution in [2.75, 3.05) is 0 Å². The molecule has 0 aromatic heterocycles. The van der Waals surface area contributed by atoms with Gasteiger partial charge < -0.3 is 10.2 Å². The Morgan fingerprint density at radius 1 is 0.812 bits per heavy atom. The lowest BCUT2D eigenvalue weighted by Crippen LogP contribution is -1.94. The van der Waals surface area contributed by atoms with Gasteiger partial charge in [-0.3, -0.25) is 0 Å². The summed E-state index contributed by atoms with van der Waals surface area (Å²) in [7, 11) is -5.14. The van der Waals surface area contributed by atoms with Crippen LogP contribution in [0, 0.1) is 0 Å². The molecule has 0 aliphatic heterocycles. The van der Waals surface area contributed by atoms with Gasteiger partial charge in [-0.25, -0.2) is 9.59 Å². The standard InChI is InChI=1S/2C2H2O4S.C2H4/c2*3-2(4)1-7(5)6;1-2/h2*1H,(H,3,4);1-2H2. The lowest BCUT2D eigenvalue weighted by Gasteiger charge is -1.63. The van der Waals surface area contributed by atoms with Crippen LogP contribution in [0.1, 0.15) is 0 Å². The molecule has 0 fully saturated rings. The van der Waals surface area contributed by atoms with Gasteiger partial charge in [-0.05, 0) is 0 Å². The first kappa shape index (κ1) is 19.6. The normalized spacial score (nSPS) is 6.75. The largest absolute Gasteiger partial charge is 0.477 e. The van der Waals surface area contributed by atoms with Crippen molar-refractivity contribution in [2.24, 2.45) is 0 Å². The summed E-state index contributed by atoms with van der Waals surface area (Å²) in [5.41, 5.74) is 0. The average molecular weight is 272 g/mol. The molecule has 0 spiro atoms. The molecule has 0 heterocycles. The lowest BCUT2D eigenvalue weighted by atomic mass is 10.8. The maximum Gasteiger partial charge on any atom is 0.343 e. The molecule has 0 aliphatic carbocycles. The van der Waals surface area contributed by atoms with E-state index in [9.17, 15) is 26.4 Å². The minimum Gasteiger partial charge on any atom is -0.477 e. The van der Waals surface area contributed by atoms with Crippen LogP contribution >= 0.6 is 0 Å². The zero-order valence-electron chi connectivity index (χ0n) is 7.73. The number of carboxylic acid groups (broad SMARTS) is 2. The Hall–Kier alpha value is -1.94. The van der Waals surface area contributed by atoms with Crippen LogP contribution in [0.25, 0.3) is 0 Å². The highest BCUT2D eigenvalue weighted by atomic mass is 32.2. The number of rotatable bonds is 2. The van der Waals surface area contributed by atoms with Gasteiger partial charge in [0.05, 0.1) is 0 Å². The van der Waals surface area contributed by atoms with E-state index in [1.807, 2.05) is 0 Å². The number of hydrogen-bond donors (Lipinski definition) is 2. The monoisotopic (exact) mass is 272 g/mol. The molecular formula is C6H8O8S2. The van der Waals surface area contributed by atoms with E-state index in [0.29, 0.717) is 0 Å². The topological polar surface area (TPSA) is 143 Å². The number of aliphatic carboxylic acids is 2. The van der Waals surface area contributed by atoms with Crippen molar-refractivity contribution in [2.45, 2.75) is 0 Å². The van der Waals surface area contributed by atoms with Crippen molar-refractivity contribution in [3.05, 3.63) is 13.2 Å². The van der Waals surface area contributed by atoms with E-state index in [-0.39, 0.29) is 10.7 Å². The predicted molar refractivity (Wildman–Crippen MR) is 56.5 cm³/mol. The van der Waals surface area contributed by atoms with Crippen molar-refractivity contribution in [3.8, 4) is 0 Å². The molecule has 0 saturated carbocycles. The van der Waals surface area contributed by atoms with Crippen LogP contribution in [0.4, 0.5) is 0 Å². The third kappa shape index (κ3) is 40.2. The predicted octanol–water partition coefficient (Wildman–Crippen LogP) is -1.69. The van der Waals surface area contributed by atoms with Gasteiger partial charge in [0.25, 0.3) is 0 Å². The van der Waals surface area contributed by atoms with Crippen LogP contribution < -0.4 is 0 Å². The number of carboxylic acids is 2. The second-order valence-corrected chi connectivity index (χ2v) is 2.95. The van der Waals surface area contributed by atoms with Crippen molar-refractivity contribution in [3.63, 3.8) is 0 Å². The molecule has 2 N–H and O–H groups in total. The summed E-state index contributed by atoms with van der Waals surface area (Å²) in [4.78, 5) is 18.7. The van der Waals surface area contributed by atoms with E-state index in [4.69, 9.17) is 10.2 Å². The zero-order valence-corrected chi connectivity index (χ0v) is 9.36. The fraction of sp³-hybridized carbons (Fsp3) is 0. The Kier molecular flexibility index (Phi) is 16.0. The van der Waals surface area contributed by atoms with E-state index in [1.54, 1.807) is 0 Å². The Bertz CT molecular complexity index is 419. The Labute approximate surface area is 93.5 Å². The van der Waals surface area contributed by atoms with Crippen LogP contribution in [0.3, 0.4) is 0 Å². The summed E-state index contributed by atoms with van der Waals surface area (Å²) in [6, 6.07) is 0. The van der Waals surface area contributed by atoms with Gasteiger partial charge in [-0.15, -0.1) is 13.2 Å². The summed E-state index contributed by atoms with van der Waals surface area (Å²) in [6.07, 6.45) is 0.